The van der Waals surface area contributed by atoms with Crippen molar-refractivity contribution in [1.29, 1.82) is 0 Å². The number of likely N-dealkylation sites (N-methyl/N-ethyl adjacent to an activating group) is 1. The maximum Gasteiger partial charge on any atom is 0.490 e. The van der Waals surface area contributed by atoms with Crippen LogP contribution in [0.25, 0.3) is 10.8 Å². The fraction of sp³-hybridized carbons (Fsp3) is 0.500. The molecular weight excluding hydrogens is 1610 g/mol. The Morgan fingerprint density at radius 1 is 0.561 bits per heavy atom. The number of nitrogens with two attached hydrogens (primary N) is 2. The van der Waals surface area contributed by atoms with Crippen molar-refractivity contribution in [2.24, 2.45) is 16.5 Å². The van der Waals surface area contributed by atoms with E-state index in [9.17, 15) is 95.9 Å². The molecule has 2 saturated heterocycles. The molecule has 4 aromatic rings. The third-order valence-corrected chi connectivity index (χ3v) is 18.9. The van der Waals surface area contributed by atoms with E-state index in [4.69, 9.17) is 21.4 Å². The van der Waals surface area contributed by atoms with E-state index >= 15 is 0 Å². The van der Waals surface area contributed by atoms with Gasteiger partial charge in [-0.3, -0.25) is 86.9 Å². The van der Waals surface area contributed by atoms with Crippen LogP contribution in [0.15, 0.2) is 96.0 Å². The Balaban J connectivity index is 0.00000316. The van der Waals surface area contributed by atoms with E-state index in [1.165, 1.54) is 19.2 Å². The second-order valence-corrected chi connectivity index (χ2v) is 28.4. The van der Waals surface area contributed by atoms with Crippen LogP contribution in [0.1, 0.15) is 74.5 Å². The van der Waals surface area contributed by atoms with E-state index in [-0.39, 0.29) is 167 Å². The van der Waals surface area contributed by atoms with Crippen molar-refractivity contribution in [2.75, 3.05) is 125 Å². The van der Waals surface area contributed by atoms with Gasteiger partial charge in [-0.25, -0.2) is 4.79 Å². The number of nitrogens with one attached hydrogen (secondary N) is 9. The van der Waals surface area contributed by atoms with Crippen molar-refractivity contribution >= 4 is 122 Å². The number of carbonyl (C=O) groups is 14. The van der Waals surface area contributed by atoms with Gasteiger partial charge in [-0.15, -0.1) is 0 Å². The number of hydrogen-bond donors (Lipinski definition) is 16. The lowest BCUT2D eigenvalue weighted by Crippen LogP contribution is -2.58. The summed E-state index contributed by atoms with van der Waals surface area (Å²) in [7, 11) is 1.34. The van der Waals surface area contributed by atoms with Gasteiger partial charge in [0.05, 0.1) is 45.8 Å². The van der Waals surface area contributed by atoms with Crippen LogP contribution in [0.3, 0.4) is 0 Å². The van der Waals surface area contributed by atoms with E-state index < -0.39 is 133 Å². The summed E-state index contributed by atoms with van der Waals surface area (Å²) in [6.45, 7) is -1.00. The van der Waals surface area contributed by atoms with Gasteiger partial charge in [0, 0.05) is 102 Å². The molecule has 2 fully saturated rings. The van der Waals surface area contributed by atoms with Gasteiger partial charge in [0.1, 0.15) is 36.0 Å². The standard InChI is InChI=1S/C72H100IN17O17.C2HF3O2/c1-86-58(70(106)84-55(13-7-28-78-72(74)75)69(105)85-56(39-49-16-21-50-10-2-3-11-51(50)37-49)68(104)81-42-62(95)83-57(71(86)107)38-48-19-24-53(91)25-20-48)14-8-27-76-60(93)40-79-61(94)41-80-67(103)54(82-59(92)15-6-9-47-17-22-52(73)23-18-47)12-4-5-26-77-63(96)43-87-29-31-88(44-64(97)98)33-35-90(46-66(101)102)36-34-89(32-30-87)45-65(99)100;3-2(4,5)1(6)7/h2-3,10-11,16-25,37,54-58,91H,4-9,12-15,26-36,38-46H2,1H3,(H,76,93)(H,77,96)(H,79,94)(H,80,103)(H,81,104)(H,82,92)(H,83,95)(H,84,106)(H,85,105)(H,97,98)(H,99,100)(H,101,102)(H4,74,75,78);(H,6,7)/t54?,55-,56-,57+,58+;/m0./s1. The van der Waals surface area contributed by atoms with Crippen LogP contribution in [-0.2, 0) is 86.4 Å². The Morgan fingerprint density at radius 2 is 1.08 bits per heavy atom. The average Bonchev–Trinajstić information content (AvgIpc) is 1.11. The predicted octanol–water partition coefficient (Wildman–Crippen LogP) is -1.57. The quantitative estimate of drug-likeness (QED) is 0.0107. The molecule has 2 heterocycles. The Bertz CT molecular complexity index is 3920. The maximum absolute atomic E-state index is 14.7. The normalized spacial score (nSPS) is 17.8. The summed E-state index contributed by atoms with van der Waals surface area (Å²) in [4.78, 5) is 195. The molecule has 2 aliphatic rings. The first-order valence-corrected chi connectivity index (χ1v) is 37.9. The Morgan fingerprint density at radius 3 is 1.66 bits per heavy atom. The van der Waals surface area contributed by atoms with Crippen LogP contribution in [-0.4, -0.2) is 300 Å². The molecular formula is C74H101F3IN17O19. The number of carboxylic acids is 4. The molecule has 624 valence electrons. The first-order chi connectivity index (χ1) is 54.1. The SMILES string of the molecule is CN1C(=O)[C@@H](Cc2ccc(O)cc2)NC(=O)CNC(=O)[C@H](Cc2ccc3ccccc3c2)NC(=O)[C@H](CCCN=C(N)N)NC(=O)[C@H]1CCCNC(=O)CNC(=O)CNC(=O)C(CCCCNC(=O)CN1CCN(CC(=O)O)CCN(CC(=O)O)CCN(CC(=O)O)CC1)NC(=O)CCCc1ccc(I)cc1.O=C(O)C(F)(F)F. The molecule has 1 unspecified atom stereocenters. The zero-order chi connectivity index (χ0) is 83.9. The molecule has 0 radical (unpaired) electrons. The van der Waals surface area contributed by atoms with Gasteiger partial charge in [0.2, 0.25) is 59.1 Å². The van der Waals surface area contributed by atoms with Gasteiger partial charge in [0.25, 0.3) is 0 Å². The zero-order valence-corrected chi connectivity index (χ0v) is 65.2. The molecule has 10 amide bonds. The van der Waals surface area contributed by atoms with Crippen molar-refractivity contribution in [3.63, 3.8) is 0 Å². The smallest absolute Gasteiger partial charge is 0.490 e. The van der Waals surface area contributed by atoms with Gasteiger partial charge in [-0.2, -0.15) is 13.2 Å². The molecule has 36 nitrogen and oxygen atoms in total. The fourth-order valence-corrected chi connectivity index (χ4v) is 12.5. The number of halogens is 4. The van der Waals surface area contributed by atoms with Gasteiger partial charge >= 0.3 is 30.1 Å². The highest BCUT2D eigenvalue weighted by Gasteiger charge is 2.39. The molecule has 2 aliphatic heterocycles. The molecule has 40 heteroatoms. The minimum Gasteiger partial charge on any atom is -0.508 e. The average molecular weight is 1720 g/mol. The molecule has 18 N–H and O–H groups in total. The number of aliphatic imine (C=N–C) groups is 1. The monoisotopic (exact) mass is 1720 g/mol. The highest BCUT2D eigenvalue weighted by molar-refractivity contribution is 14.1. The number of guanidine groups is 1. The number of phenols is 1. The van der Waals surface area contributed by atoms with E-state index in [1.54, 1.807) is 37.8 Å². The van der Waals surface area contributed by atoms with Crippen LogP contribution < -0.4 is 59.3 Å². The number of nitrogens with zero attached hydrogens (tertiary/aromatic N) is 6. The number of alkyl halides is 3. The lowest BCUT2D eigenvalue weighted by molar-refractivity contribution is -0.192. The second-order valence-electron chi connectivity index (χ2n) is 27.2. The number of carbonyl (C=O) groups excluding carboxylic acids is 10. The van der Waals surface area contributed by atoms with E-state index in [2.05, 4.69) is 75.4 Å². The van der Waals surface area contributed by atoms with Crippen LogP contribution in [0.4, 0.5) is 13.2 Å². The van der Waals surface area contributed by atoms with Gasteiger partial charge in [0.15, 0.2) is 5.96 Å². The highest BCUT2D eigenvalue weighted by atomic mass is 127. The van der Waals surface area contributed by atoms with Crippen molar-refractivity contribution in [2.45, 2.75) is 113 Å². The summed E-state index contributed by atoms with van der Waals surface area (Å²) in [5, 5.41) is 71.8. The number of aromatic hydroxyl groups is 1. The number of rotatable bonds is 35. The van der Waals surface area contributed by atoms with Gasteiger partial charge in [-0.05, 0) is 132 Å². The third-order valence-electron chi connectivity index (χ3n) is 18.2. The van der Waals surface area contributed by atoms with Crippen molar-refractivity contribution in [3.05, 3.63) is 111 Å². The molecule has 0 saturated carbocycles. The molecule has 0 aromatic heterocycles. The largest absolute Gasteiger partial charge is 0.508 e. The van der Waals surface area contributed by atoms with Crippen LogP contribution in [0.2, 0.25) is 0 Å². The van der Waals surface area contributed by atoms with Crippen molar-refractivity contribution in [3.8, 4) is 5.75 Å². The van der Waals surface area contributed by atoms with Crippen LogP contribution in [0.5, 0.6) is 5.75 Å². The van der Waals surface area contributed by atoms with Gasteiger partial charge < -0.3 is 89.8 Å². The van der Waals surface area contributed by atoms with Crippen LogP contribution in [0, 0.1) is 3.57 Å². The molecule has 0 bridgehead atoms. The predicted molar refractivity (Wildman–Crippen MR) is 416 cm³/mol. The van der Waals surface area contributed by atoms with Crippen molar-refractivity contribution < 1.29 is 106 Å². The summed E-state index contributed by atoms with van der Waals surface area (Å²) in [5.74, 6) is -13.0. The summed E-state index contributed by atoms with van der Waals surface area (Å²) >= 11 is 2.20. The number of aliphatic carboxylic acids is 4. The van der Waals surface area contributed by atoms with E-state index in [0.29, 0.717) is 36.8 Å². The van der Waals surface area contributed by atoms with Crippen molar-refractivity contribution in [1.82, 2.24) is 72.4 Å². The number of fused-ring (bicyclic) bond motifs is 1. The fourth-order valence-electron chi connectivity index (χ4n) is 12.1. The minimum atomic E-state index is -5.08. The molecule has 5 atom stereocenters. The minimum absolute atomic E-state index is 0.0271. The Hall–Kier alpha value is -10.9. The number of phenolic OH excluding ortho intramolecular Hbond substituents is 1. The molecule has 114 heavy (non-hydrogen) atoms. The Labute approximate surface area is 669 Å². The molecule has 4 aromatic carbocycles. The third kappa shape index (κ3) is 36.8. The van der Waals surface area contributed by atoms with Crippen LogP contribution >= 0.6 is 22.6 Å². The summed E-state index contributed by atoms with van der Waals surface area (Å²) in [5.41, 5.74) is 13.4. The molecule has 0 spiro atoms. The van der Waals surface area contributed by atoms with E-state index in [0.717, 1.165) is 24.8 Å². The number of carboxylic acid groups (broad SMARTS) is 4. The molecule has 6 rings (SSSR count). The van der Waals surface area contributed by atoms with Gasteiger partial charge in [-0.1, -0.05) is 66.7 Å². The number of amides is 10. The number of unbranched alkanes of at least 4 members (excludes halogenated alkanes) is 1. The number of benzene rings is 4. The maximum atomic E-state index is 14.7. The number of hydrogen-bond acceptors (Lipinski definition) is 20. The number of aryl methyl sites for hydroxylation is 1. The first kappa shape index (κ1) is 93.7. The Kier molecular flexibility index (Phi) is 40.2. The first-order valence-electron chi connectivity index (χ1n) is 36.8. The highest BCUT2D eigenvalue weighted by Crippen LogP contribution is 2.20. The topological polar surface area (TPSA) is 529 Å². The van der Waals surface area contributed by atoms with E-state index in [1.807, 2.05) is 60.7 Å². The summed E-state index contributed by atoms with van der Waals surface area (Å²) in [6.07, 6.45) is -3.30. The lowest BCUT2D eigenvalue weighted by Gasteiger charge is -2.32. The summed E-state index contributed by atoms with van der Waals surface area (Å²) < 4.78 is 32.8. The summed E-state index contributed by atoms with van der Waals surface area (Å²) in [6, 6.07) is 20.4. The molecule has 0 aliphatic carbocycles. The zero-order valence-electron chi connectivity index (χ0n) is 63.1. The second kappa shape index (κ2) is 48.9. The lowest BCUT2D eigenvalue weighted by atomic mass is 10.00.